The predicted molar refractivity (Wildman–Crippen MR) is 130 cm³/mol. The Balaban J connectivity index is 1.19. The van der Waals surface area contributed by atoms with Crippen molar-refractivity contribution in [1.82, 2.24) is 24.8 Å². The van der Waals surface area contributed by atoms with Crippen LogP contribution in [0.25, 0.3) is 11.0 Å². The second kappa shape index (κ2) is 9.78. The molecule has 36 heavy (non-hydrogen) atoms. The zero-order valence-corrected chi connectivity index (χ0v) is 19.0. The van der Waals surface area contributed by atoms with Crippen LogP contribution in [-0.4, -0.2) is 67.0 Å². The number of rotatable bonds is 6. The molecule has 2 aromatic carbocycles. The number of aromatic amines is 2. The Bertz CT molecular complexity index is 1370. The number of fused-ring (bicyclic) bond motifs is 1. The maximum Gasteiger partial charge on any atom is 0.407 e. The van der Waals surface area contributed by atoms with Gasteiger partial charge in [-0.15, -0.1) is 0 Å². The van der Waals surface area contributed by atoms with Gasteiger partial charge in [0.05, 0.1) is 17.4 Å². The van der Waals surface area contributed by atoms with E-state index in [0.717, 1.165) is 5.52 Å². The Hall–Kier alpha value is -4.87. The SMILES string of the molecule is O=C(Nc1ccc(OC2CCN(C(=O)O)CC2)cc1)c1nc[nH]c1C(=O)Nc1nc2ccccc2[nH]1. The van der Waals surface area contributed by atoms with Crippen LogP contribution in [-0.2, 0) is 0 Å². The molecule has 1 aliphatic heterocycles. The summed E-state index contributed by atoms with van der Waals surface area (Å²) in [4.78, 5) is 52.0. The molecule has 2 aromatic heterocycles. The number of imidazole rings is 2. The summed E-state index contributed by atoms with van der Waals surface area (Å²) in [5.41, 5.74) is 1.91. The smallest absolute Gasteiger partial charge is 0.407 e. The lowest BCUT2D eigenvalue weighted by atomic mass is 10.1. The van der Waals surface area contributed by atoms with Gasteiger partial charge < -0.3 is 30.0 Å². The standard InChI is InChI=1S/C24H23N7O5/c32-21(27-14-5-7-15(8-6-14)36-16-9-11-31(12-10-16)24(34)35)19-20(26-13-25-19)22(33)30-23-28-17-3-1-2-4-18(17)29-23/h1-8,13,16H,9-12H2,(H,25,26)(H,27,32)(H,34,35)(H2,28,29,30,33). The third-order valence-electron chi connectivity index (χ3n) is 5.83. The van der Waals surface area contributed by atoms with E-state index >= 15 is 0 Å². The van der Waals surface area contributed by atoms with E-state index in [-0.39, 0.29) is 23.4 Å². The molecule has 1 aliphatic rings. The van der Waals surface area contributed by atoms with Gasteiger partial charge in [0.25, 0.3) is 11.8 Å². The Labute approximate surface area is 204 Å². The number of carbonyl (C=O) groups is 3. The first kappa shape index (κ1) is 22.9. The quantitative estimate of drug-likeness (QED) is 0.277. The van der Waals surface area contributed by atoms with Crippen molar-refractivity contribution in [2.45, 2.75) is 18.9 Å². The topological polar surface area (TPSA) is 165 Å². The van der Waals surface area contributed by atoms with Crippen molar-refractivity contribution in [3.63, 3.8) is 0 Å². The number of anilines is 2. The molecule has 12 nitrogen and oxygen atoms in total. The monoisotopic (exact) mass is 489 g/mol. The minimum atomic E-state index is -0.916. The molecular formula is C24H23N7O5. The molecule has 5 rings (SSSR count). The number of likely N-dealkylation sites (tertiary alicyclic amines) is 1. The van der Waals surface area contributed by atoms with Gasteiger partial charge in [-0.3, -0.25) is 14.9 Å². The van der Waals surface area contributed by atoms with Crippen LogP contribution >= 0.6 is 0 Å². The molecule has 0 aliphatic carbocycles. The summed E-state index contributed by atoms with van der Waals surface area (Å²) in [6.07, 6.45) is 1.51. The molecule has 1 fully saturated rings. The second-order valence-corrected chi connectivity index (χ2v) is 8.25. The summed E-state index contributed by atoms with van der Waals surface area (Å²) in [5, 5.41) is 14.4. The number of carbonyl (C=O) groups excluding carboxylic acids is 2. The van der Waals surface area contributed by atoms with Crippen LogP contribution in [0.5, 0.6) is 5.75 Å². The van der Waals surface area contributed by atoms with Crippen LogP contribution in [0.1, 0.15) is 33.8 Å². The summed E-state index contributed by atoms with van der Waals surface area (Å²) in [6, 6.07) is 14.2. The van der Waals surface area contributed by atoms with E-state index in [4.69, 9.17) is 9.84 Å². The molecule has 0 saturated carbocycles. The van der Waals surface area contributed by atoms with Crippen molar-refractivity contribution in [1.29, 1.82) is 0 Å². The highest BCUT2D eigenvalue weighted by Crippen LogP contribution is 2.22. The Morgan fingerprint density at radius 2 is 1.75 bits per heavy atom. The molecule has 1 saturated heterocycles. The van der Waals surface area contributed by atoms with Gasteiger partial charge in [0.1, 0.15) is 17.5 Å². The number of H-pyrrole nitrogens is 2. The van der Waals surface area contributed by atoms with E-state index in [1.165, 1.54) is 11.2 Å². The third kappa shape index (κ3) is 4.97. The first-order chi connectivity index (χ1) is 17.5. The minimum absolute atomic E-state index is 0.000567. The van der Waals surface area contributed by atoms with Crippen LogP contribution in [0.3, 0.4) is 0 Å². The number of ether oxygens (including phenoxy) is 1. The van der Waals surface area contributed by atoms with Gasteiger partial charge in [-0.25, -0.2) is 14.8 Å². The van der Waals surface area contributed by atoms with Crippen molar-refractivity contribution in [2.24, 2.45) is 0 Å². The fourth-order valence-electron chi connectivity index (χ4n) is 3.99. The number of carboxylic acid groups (broad SMARTS) is 1. The lowest BCUT2D eigenvalue weighted by Crippen LogP contribution is -2.41. The molecule has 3 heterocycles. The van der Waals surface area contributed by atoms with Gasteiger partial charge in [-0.1, -0.05) is 12.1 Å². The van der Waals surface area contributed by atoms with Gasteiger partial charge in [0.15, 0.2) is 5.69 Å². The normalized spacial score (nSPS) is 13.9. The van der Waals surface area contributed by atoms with E-state index in [9.17, 15) is 14.4 Å². The van der Waals surface area contributed by atoms with Crippen molar-refractivity contribution in [3.8, 4) is 5.75 Å². The number of amides is 3. The van der Waals surface area contributed by atoms with Crippen molar-refractivity contribution in [3.05, 3.63) is 66.2 Å². The number of nitrogens with zero attached hydrogens (tertiary/aromatic N) is 3. The van der Waals surface area contributed by atoms with Crippen molar-refractivity contribution in [2.75, 3.05) is 23.7 Å². The molecule has 184 valence electrons. The van der Waals surface area contributed by atoms with Crippen LogP contribution in [0, 0.1) is 0 Å². The fraction of sp³-hybridized carbons (Fsp3) is 0.208. The highest BCUT2D eigenvalue weighted by atomic mass is 16.5. The maximum atomic E-state index is 12.8. The lowest BCUT2D eigenvalue weighted by molar-refractivity contribution is 0.0893. The lowest BCUT2D eigenvalue weighted by Gasteiger charge is -2.30. The highest BCUT2D eigenvalue weighted by Gasteiger charge is 2.24. The largest absolute Gasteiger partial charge is 0.490 e. The van der Waals surface area contributed by atoms with E-state index < -0.39 is 17.9 Å². The van der Waals surface area contributed by atoms with Gasteiger partial charge in [-0.2, -0.15) is 0 Å². The number of para-hydroxylation sites is 2. The zero-order chi connectivity index (χ0) is 25.1. The molecular weight excluding hydrogens is 466 g/mol. The molecule has 3 amide bonds. The van der Waals surface area contributed by atoms with E-state index in [1.54, 1.807) is 24.3 Å². The summed E-state index contributed by atoms with van der Waals surface area (Å²) >= 11 is 0. The molecule has 12 heteroatoms. The number of nitrogens with one attached hydrogen (secondary N) is 4. The molecule has 0 radical (unpaired) electrons. The van der Waals surface area contributed by atoms with Gasteiger partial charge in [0, 0.05) is 31.6 Å². The van der Waals surface area contributed by atoms with E-state index in [2.05, 4.69) is 30.6 Å². The van der Waals surface area contributed by atoms with Crippen LogP contribution in [0.4, 0.5) is 16.4 Å². The average Bonchev–Trinajstić information content (AvgIpc) is 3.52. The Morgan fingerprint density at radius 3 is 2.47 bits per heavy atom. The number of aromatic nitrogens is 4. The van der Waals surface area contributed by atoms with E-state index in [0.29, 0.717) is 42.9 Å². The van der Waals surface area contributed by atoms with Crippen molar-refractivity contribution < 1.29 is 24.2 Å². The predicted octanol–water partition coefficient (Wildman–Crippen LogP) is 3.31. The Morgan fingerprint density at radius 1 is 1.00 bits per heavy atom. The summed E-state index contributed by atoms with van der Waals surface area (Å²) < 4.78 is 5.93. The van der Waals surface area contributed by atoms with E-state index in [1.807, 2.05) is 24.3 Å². The highest BCUT2D eigenvalue weighted by molar-refractivity contribution is 6.13. The molecule has 5 N–H and O–H groups in total. The molecule has 0 spiro atoms. The first-order valence-electron chi connectivity index (χ1n) is 11.3. The fourth-order valence-corrected chi connectivity index (χ4v) is 3.99. The molecule has 4 aromatic rings. The molecule has 0 atom stereocenters. The number of piperidine rings is 1. The number of hydrogen-bond donors (Lipinski definition) is 5. The summed E-state index contributed by atoms with van der Waals surface area (Å²) in [7, 11) is 0. The molecule has 0 bridgehead atoms. The van der Waals surface area contributed by atoms with Crippen LogP contribution < -0.4 is 15.4 Å². The Kier molecular flexibility index (Phi) is 6.22. The zero-order valence-electron chi connectivity index (χ0n) is 19.0. The van der Waals surface area contributed by atoms with Gasteiger partial charge in [0.2, 0.25) is 5.95 Å². The first-order valence-corrected chi connectivity index (χ1v) is 11.3. The van der Waals surface area contributed by atoms with Gasteiger partial charge >= 0.3 is 6.09 Å². The summed E-state index contributed by atoms with van der Waals surface area (Å²) in [5.74, 6) is -0.242. The minimum Gasteiger partial charge on any atom is -0.490 e. The average molecular weight is 489 g/mol. The summed E-state index contributed by atoms with van der Waals surface area (Å²) in [6.45, 7) is 0.869. The maximum absolute atomic E-state index is 12.8. The van der Waals surface area contributed by atoms with Crippen molar-refractivity contribution >= 4 is 40.6 Å². The second-order valence-electron chi connectivity index (χ2n) is 8.25. The number of benzene rings is 2. The number of hydrogen-bond acceptors (Lipinski definition) is 6. The van der Waals surface area contributed by atoms with Crippen LogP contribution in [0.15, 0.2) is 54.9 Å². The van der Waals surface area contributed by atoms with Gasteiger partial charge in [-0.05, 0) is 36.4 Å². The molecule has 0 unspecified atom stereocenters. The van der Waals surface area contributed by atoms with Crippen LogP contribution in [0.2, 0.25) is 0 Å². The third-order valence-corrected chi connectivity index (χ3v) is 5.83.